The summed E-state index contributed by atoms with van der Waals surface area (Å²) in [6.07, 6.45) is 4.22. The van der Waals surface area contributed by atoms with E-state index in [1.54, 1.807) is 6.92 Å². The zero-order chi connectivity index (χ0) is 10.9. The van der Waals surface area contributed by atoms with Crippen molar-refractivity contribution in [3.05, 3.63) is 23.8 Å². The van der Waals surface area contributed by atoms with Crippen LogP contribution in [-0.2, 0) is 9.59 Å². The summed E-state index contributed by atoms with van der Waals surface area (Å²) in [5.74, 6) is -2.65. The van der Waals surface area contributed by atoms with E-state index < -0.39 is 21.3 Å². The zero-order valence-electron chi connectivity index (χ0n) is 7.40. The number of carboxylic acid groups (broad SMARTS) is 2. The topological polar surface area (TPSA) is 74.6 Å². The van der Waals surface area contributed by atoms with E-state index in [9.17, 15) is 9.59 Å². The third-order valence-corrected chi connectivity index (χ3v) is 3.01. The van der Waals surface area contributed by atoms with Gasteiger partial charge in [-0.2, -0.15) is 0 Å². The standard InChI is InChI=1S/C9H9IO4/c1-9(10)4-5(7(11)12)2-3-6(9)8(13)14/h2-4,6H,1H3,(H,11,12)(H,13,14). The molecular weight excluding hydrogens is 299 g/mol. The second kappa shape index (κ2) is 3.72. The number of alkyl halides is 1. The Morgan fingerprint density at radius 2 is 2.07 bits per heavy atom. The minimum absolute atomic E-state index is 0.138. The molecule has 0 heterocycles. The molecule has 0 radical (unpaired) electrons. The van der Waals surface area contributed by atoms with Gasteiger partial charge in [-0.25, -0.2) is 4.79 Å². The van der Waals surface area contributed by atoms with Crippen molar-refractivity contribution in [2.45, 2.75) is 10.3 Å². The molecular formula is C9H9IO4. The number of aliphatic carboxylic acids is 2. The molecule has 0 saturated carbocycles. The summed E-state index contributed by atoms with van der Waals surface area (Å²) in [5, 5.41) is 17.6. The average molecular weight is 308 g/mol. The number of carboxylic acids is 2. The van der Waals surface area contributed by atoms with Crippen molar-refractivity contribution in [1.82, 2.24) is 0 Å². The van der Waals surface area contributed by atoms with Crippen LogP contribution in [0.3, 0.4) is 0 Å². The molecule has 2 atom stereocenters. The molecule has 0 amide bonds. The van der Waals surface area contributed by atoms with E-state index in [0.717, 1.165) is 0 Å². The third-order valence-electron chi connectivity index (χ3n) is 2.03. The summed E-state index contributed by atoms with van der Waals surface area (Å²) in [4.78, 5) is 21.5. The molecule has 0 bridgehead atoms. The van der Waals surface area contributed by atoms with Crippen LogP contribution in [0.2, 0.25) is 0 Å². The SMILES string of the molecule is CC1(I)C=C(C(=O)O)C=CC1C(=O)O. The molecule has 4 nitrogen and oxygen atoms in total. The lowest BCUT2D eigenvalue weighted by Gasteiger charge is -2.27. The fourth-order valence-electron chi connectivity index (χ4n) is 1.29. The molecule has 5 heteroatoms. The monoisotopic (exact) mass is 308 g/mol. The van der Waals surface area contributed by atoms with E-state index in [1.807, 2.05) is 22.6 Å². The molecule has 0 aromatic carbocycles. The Bertz CT molecular complexity index is 341. The van der Waals surface area contributed by atoms with E-state index >= 15 is 0 Å². The minimum atomic E-state index is -1.03. The van der Waals surface area contributed by atoms with Crippen molar-refractivity contribution in [1.29, 1.82) is 0 Å². The van der Waals surface area contributed by atoms with E-state index in [-0.39, 0.29) is 5.57 Å². The second-order valence-electron chi connectivity index (χ2n) is 3.23. The Morgan fingerprint density at radius 1 is 1.50 bits per heavy atom. The van der Waals surface area contributed by atoms with Gasteiger partial charge in [0, 0.05) is 0 Å². The highest BCUT2D eigenvalue weighted by atomic mass is 127. The van der Waals surface area contributed by atoms with Crippen LogP contribution in [0, 0.1) is 5.92 Å². The number of hydrogen-bond acceptors (Lipinski definition) is 2. The molecule has 0 spiro atoms. The van der Waals surface area contributed by atoms with Gasteiger partial charge in [0.25, 0.3) is 0 Å². The predicted molar refractivity (Wildman–Crippen MR) is 58.4 cm³/mol. The van der Waals surface area contributed by atoms with Crippen molar-refractivity contribution < 1.29 is 19.8 Å². The van der Waals surface area contributed by atoms with Gasteiger partial charge in [0.05, 0.1) is 14.9 Å². The van der Waals surface area contributed by atoms with Gasteiger partial charge in [-0.3, -0.25) is 4.79 Å². The van der Waals surface area contributed by atoms with Gasteiger partial charge in [-0.15, -0.1) is 0 Å². The molecule has 0 saturated heterocycles. The molecule has 1 aliphatic carbocycles. The van der Waals surface area contributed by atoms with Crippen LogP contribution in [0.25, 0.3) is 0 Å². The van der Waals surface area contributed by atoms with E-state index in [1.165, 1.54) is 18.2 Å². The predicted octanol–water partition coefficient (Wildman–Crippen LogP) is 1.46. The molecule has 0 aromatic heterocycles. The van der Waals surface area contributed by atoms with Crippen LogP contribution < -0.4 is 0 Å². The van der Waals surface area contributed by atoms with Crippen molar-refractivity contribution in [3.8, 4) is 0 Å². The minimum Gasteiger partial charge on any atom is -0.481 e. The molecule has 1 rings (SSSR count). The summed E-state index contributed by atoms with van der Waals surface area (Å²) in [5.41, 5.74) is 0.138. The normalized spacial score (nSPS) is 31.0. The Kier molecular flexibility index (Phi) is 2.98. The number of carbonyl (C=O) groups is 2. The molecule has 2 unspecified atom stereocenters. The first-order chi connectivity index (χ1) is 6.34. The second-order valence-corrected chi connectivity index (χ2v) is 5.56. The molecule has 14 heavy (non-hydrogen) atoms. The Labute approximate surface area is 94.4 Å². The maximum atomic E-state index is 10.8. The molecule has 0 aromatic rings. The Morgan fingerprint density at radius 3 is 2.43 bits per heavy atom. The van der Waals surface area contributed by atoms with Crippen LogP contribution in [0.5, 0.6) is 0 Å². The highest BCUT2D eigenvalue weighted by Gasteiger charge is 2.36. The summed E-state index contributed by atoms with van der Waals surface area (Å²) >= 11 is 1.94. The summed E-state index contributed by atoms with van der Waals surface area (Å²) in [6.45, 7) is 1.69. The highest BCUT2D eigenvalue weighted by Crippen LogP contribution is 2.35. The zero-order valence-corrected chi connectivity index (χ0v) is 9.56. The summed E-state index contributed by atoms with van der Waals surface area (Å²) in [7, 11) is 0. The highest BCUT2D eigenvalue weighted by molar-refractivity contribution is 14.1. The van der Waals surface area contributed by atoms with Gasteiger partial charge >= 0.3 is 11.9 Å². The Hall–Kier alpha value is -0.850. The molecule has 0 fully saturated rings. The number of rotatable bonds is 2. The van der Waals surface area contributed by atoms with Gasteiger partial charge in [-0.1, -0.05) is 40.8 Å². The third kappa shape index (κ3) is 2.14. The number of hydrogen-bond donors (Lipinski definition) is 2. The summed E-state index contributed by atoms with van der Waals surface area (Å²) < 4.78 is -0.688. The molecule has 2 N–H and O–H groups in total. The molecule has 0 aliphatic heterocycles. The lowest BCUT2D eigenvalue weighted by Crippen LogP contribution is -2.33. The van der Waals surface area contributed by atoms with Crippen molar-refractivity contribution in [3.63, 3.8) is 0 Å². The largest absolute Gasteiger partial charge is 0.481 e. The lowest BCUT2D eigenvalue weighted by atomic mass is 9.87. The first-order valence-electron chi connectivity index (χ1n) is 3.90. The van der Waals surface area contributed by atoms with Crippen molar-refractivity contribution in [2.75, 3.05) is 0 Å². The number of allylic oxidation sites excluding steroid dienone is 1. The van der Waals surface area contributed by atoms with E-state index in [2.05, 4.69) is 0 Å². The van der Waals surface area contributed by atoms with E-state index in [4.69, 9.17) is 10.2 Å². The van der Waals surface area contributed by atoms with Crippen molar-refractivity contribution >= 4 is 34.5 Å². The maximum Gasteiger partial charge on any atom is 0.335 e. The van der Waals surface area contributed by atoms with Crippen LogP contribution in [0.4, 0.5) is 0 Å². The smallest absolute Gasteiger partial charge is 0.335 e. The number of halogens is 1. The van der Waals surface area contributed by atoms with Crippen LogP contribution in [-0.4, -0.2) is 25.6 Å². The van der Waals surface area contributed by atoms with Crippen LogP contribution in [0.1, 0.15) is 6.92 Å². The molecule has 76 valence electrons. The van der Waals surface area contributed by atoms with Crippen molar-refractivity contribution in [2.24, 2.45) is 5.92 Å². The van der Waals surface area contributed by atoms with Crippen LogP contribution >= 0.6 is 22.6 Å². The van der Waals surface area contributed by atoms with Gasteiger partial charge < -0.3 is 10.2 Å². The van der Waals surface area contributed by atoms with Gasteiger partial charge in [0.2, 0.25) is 0 Å². The fourth-order valence-corrected chi connectivity index (χ4v) is 2.10. The first kappa shape index (κ1) is 11.2. The van der Waals surface area contributed by atoms with E-state index in [0.29, 0.717) is 0 Å². The lowest BCUT2D eigenvalue weighted by molar-refractivity contribution is -0.140. The van der Waals surface area contributed by atoms with Gasteiger partial charge in [0.1, 0.15) is 0 Å². The average Bonchev–Trinajstić information content (AvgIpc) is 2.01. The fraction of sp³-hybridized carbons (Fsp3) is 0.333. The maximum absolute atomic E-state index is 10.8. The Balaban J connectivity index is 3.04. The van der Waals surface area contributed by atoms with Crippen LogP contribution in [0.15, 0.2) is 23.8 Å². The first-order valence-corrected chi connectivity index (χ1v) is 4.98. The quantitative estimate of drug-likeness (QED) is 0.598. The summed E-state index contributed by atoms with van der Waals surface area (Å²) in [6, 6.07) is 0. The van der Waals surface area contributed by atoms with Gasteiger partial charge in [0.15, 0.2) is 0 Å². The molecule has 1 aliphatic rings. The van der Waals surface area contributed by atoms with Gasteiger partial charge in [-0.05, 0) is 6.92 Å².